The summed E-state index contributed by atoms with van der Waals surface area (Å²) in [4.78, 5) is 23.0. The van der Waals surface area contributed by atoms with Crippen molar-refractivity contribution >= 4 is 16.9 Å². The van der Waals surface area contributed by atoms with E-state index in [9.17, 15) is 9.59 Å². The molecule has 0 spiro atoms. The second-order valence-electron chi connectivity index (χ2n) is 4.30. The third-order valence-corrected chi connectivity index (χ3v) is 2.84. The number of benzene rings is 1. The molecule has 0 aliphatic carbocycles. The Bertz CT molecular complexity index is 650. The molecule has 0 saturated carbocycles. The van der Waals surface area contributed by atoms with Crippen LogP contribution in [0.3, 0.4) is 0 Å². The van der Waals surface area contributed by atoms with Crippen LogP contribution in [0.4, 0.5) is 0 Å². The van der Waals surface area contributed by atoms with Gasteiger partial charge in [-0.05, 0) is 32.0 Å². The van der Waals surface area contributed by atoms with E-state index in [2.05, 4.69) is 0 Å². The number of carboxylic acid groups (broad SMARTS) is 1. The first kappa shape index (κ1) is 11.4. The number of fused-ring (bicyclic) bond motifs is 1. The highest BCUT2D eigenvalue weighted by molar-refractivity contribution is 5.93. The second-order valence-corrected chi connectivity index (χ2v) is 4.30. The topological polar surface area (TPSA) is 64.2 Å². The van der Waals surface area contributed by atoms with E-state index < -0.39 is 5.97 Å². The first-order chi connectivity index (χ1) is 7.93. The lowest BCUT2D eigenvalue weighted by Gasteiger charge is -2.10. The second kappa shape index (κ2) is 3.76. The van der Waals surface area contributed by atoms with Crippen LogP contribution in [0.15, 0.2) is 23.0 Å². The Morgan fingerprint density at radius 2 is 2.00 bits per heavy atom. The maximum absolute atomic E-state index is 12.1. The summed E-state index contributed by atoms with van der Waals surface area (Å²) in [6.45, 7) is 3.83. The van der Waals surface area contributed by atoms with E-state index in [4.69, 9.17) is 5.11 Å². The van der Waals surface area contributed by atoms with E-state index in [-0.39, 0.29) is 17.2 Å². The molecule has 0 radical (unpaired) electrons. The summed E-state index contributed by atoms with van der Waals surface area (Å²) in [5, 5.41) is 9.47. The van der Waals surface area contributed by atoms with Crippen LogP contribution in [0.5, 0.6) is 0 Å². The average molecular weight is 234 g/mol. The van der Waals surface area contributed by atoms with Gasteiger partial charge in [-0.3, -0.25) is 9.48 Å². The van der Waals surface area contributed by atoms with Crippen LogP contribution in [0.25, 0.3) is 10.9 Å². The number of hydrogen-bond donors (Lipinski definition) is 1. The van der Waals surface area contributed by atoms with Gasteiger partial charge in [0.15, 0.2) is 0 Å². The SMILES string of the molecule is CC(C)n1c(=O)c2ccc(C(=O)O)cc2n1C. The zero-order valence-corrected chi connectivity index (χ0v) is 9.97. The molecular weight excluding hydrogens is 220 g/mol. The number of hydrogen-bond acceptors (Lipinski definition) is 2. The highest BCUT2D eigenvalue weighted by Gasteiger charge is 2.14. The molecule has 2 rings (SSSR count). The van der Waals surface area contributed by atoms with Crippen molar-refractivity contribution in [2.75, 3.05) is 0 Å². The zero-order chi connectivity index (χ0) is 12.7. The summed E-state index contributed by atoms with van der Waals surface area (Å²) >= 11 is 0. The molecule has 0 aliphatic rings. The minimum atomic E-state index is -0.989. The molecule has 0 saturated heterocycles. The van der Waals surface area contributed by atoms with E-state index in [1.165, 1.54) is 12.1 Å². The maximum Gasteiger partial charge on any atom is 0.335 e. The molecule has 90 valence electrons. The maximum atomic E-state index is 12.1. The number of carbonyl (C=O) groups is 1. The summed E-state index contributed by atoms with van der Waals surface area (Å²) in [6.07, 6.45) is 0. The lowest BCUT2D eigenvalue weighted by Crippen LogP contribution is -2.23. The van der Waals surface area contributed by atoms with E-state index in [1.807, 2.05) is 13.8 Å². The number of rotatable bonds is 2. The number of carboxylic acids is 1. The molecule has 0 atom stereocenters. The molecule has 5 heteroatoms. The van der Waals surface area contributed by atoms with Crippen molar-refractivity contribution in [1.82, 2.24) is 9.36 Å². The summed E-state index contributed by atoms with van der Waals surface area (Å²) in [7, 11) is 1.76. The Morgan fingerprint density at radius 1 is 1.35 bits per heavy atom. The van der Waals surface area contributed by atoms with Crippen LogP contribution in [0.1, 0.15) is 30.2 Å². The van der Waals surface area contributed by atoms with E-state index >= 15 is 0 Å². The lowest BCUT2D eigenvalue weighted by atomic mass is 10.2. The van der Waals surface area contributed by atoms with Gasteiger partial charge in [-0.2, -0.15) is 0 Å². The van der Waals surface area contributed by atoms with Crippen LogP contribution in [0.2, 0.25) is 0 Å². The van der Waals surface area contributed by atoms with Crippen LogP contribution < -0.4 is 5.56 Å². The Morgan fingerprint density at radius 3 is 2.53 bits per heavy atom. The van der Waals surface area contributed by atoms with Crippen molar-refractivity contribution in [3.8, 4) is 0 Å². The predicted molar refractivity (Wildman–Crippen MR) is 64.5 cm³/mol. The molecule has 1 heterocycles. The molecule has 0 amide bonds. The number of aromatic nitrogens is 2. The monoisotopic (exact) mass is 234 g/mol. The minimum absolute atomic E-state index is 0.0354. The van der Waals surface area contributed by atoms with Crippen LogP contribution in [-0.2, 0) is 7.05 Å². The van der Waals surface area contributed by atoms with Crippen LogP contribution in [-0.4, -0.2) is 20.4 Å². The molecule has 0 fully saturated rings. The minimum Gasteiger partial charge on any atom is -0.478 e. The van der Waals surface area contributed by atoms with Crippen molar-refractivity contribution in [1.29, 1.82) is 0 Å². The third kappa shape index (κ3) is 1.63. The first-order valence-corrected chi connectivity index (χ1v) is 5.38. The molecule has 2 aromatic rings. The number of nitrogens with zero attached hydrogens (tertiary/aromatic N) is 2. The van der Waals surface area contributed by atoms with E-state index in [1.54, 1.807) is 22.5 Å². The van der Waals surface area contributed by atoms with Gasteiger partial charge in [0.1, 0.15) is 0 Å². The zero-order valence-electron chi connectivity index (χ0n) is 9.97. The van der Waals surface area contributed by atoms with Gasteiger partial charge in [-0.25, -0.2) is 9.48 Å². The summed E-state index contributed by atoms with van der Waals surface area (Å²) in [6, 6.07) is 4.59. The Hall–Kier alpha value is -2.04. The molecule has 0 unspecified atom stereocenters. The fourth-order valence-electron chi connectivity index (χ4n) is 2.07. The van der Waals surface area contributed by atoms with Gasteiger partial charge in [-0.15, -0.1) is 0 Å². The molecule has 1 N–H and O–H groups in total. The van der Waals surface area contributed by atoms with Gasteiger partial charge >= 0.3 is 5.97 Å². The van der Waals surface area contributed by atoms with E-state index in [0.717, 1.165) is 0 Å². The van der Waals surface area contributed by atoms with Crippen LogP contribution >= 0.6 is 0 Å². The van der Waals surface area contributed by atoms with Gasteiger partial charge in [0.05, 0.1) is 16.5 Å². The molecular formula is C12H14N2O3. The fraction of sp³-hybridized carbons (Fsp3) is 0.333. The van der Waals surface area contributed by atoms with Gasteiger partial charge in [0, 0.05) is 13.1 Å². The summed E-state index contributed by atoms with van der Waals surface area (Å²) in [5.74, 6) is -0.989. The van der Waals surface area contributed by atoms with Gasteiger partial charge in [-0.1, -0.05) is 0 Å². The van der Waals surface area contributed by atoms with E-state index in [0.29, 0.717) is 10.9 Å². The molecule has 1 aromatic heterocycles. The van der Waals surface area contributed by atoms with Gasteiger partial charge in [0.25, 0.3) is 5.56 Å². The largest absolute Gasteiger partial charge is 0.478 e. The van der Waals surface area contributed by atoms with Crippen molar-refractivity contribution in [2.24, 2.45) is 7.05 Å². The highest BCUT2D eigenvalue weighted by Crippen LogP contribution is 2.15. The van der Waals surface area contributed by atoms with Gasteiger partial charge < -0.3 is 5.11 Å². The number of aryl methyl sites for hydroxylation is 1. The van der Waals surface area contributed by atoms with Crippen molar-refractivity contribution in [3.05, 3.63) is 34.1 Å². The normalized spacial score (nSPS) is 11.3. The smallest absolute Gasteiger partial charge is 0.335 e. The molecule has 5 nitrogen and oxygen atoms in total. The fourth-order valence-corrected chi connectivity index (χ4v) is 2.07. The molecule has 0 aliphatic heterocycles. The van der Waals surface area contributed by atoms with Crippen molar-refractivity contribution < 1.29 is 9.90 Å². The first-order valence-electron chi connectivity index (χ1n) is 5.38. The Labute approximate surface area is 97.9 Å². The number of aromatic carboxylic acids is 1. The van der Waals surface area contributed by atoms with Gasteiger partial charge in [0.2, 0.25) is 0 Å². The third-order valence-electron chi connectivity index (χ3n) is 2.84. The predicted octanol–water partition coefficient (Wildman–Crippen LogP) is 1.62. The van der Waals surface area contributed by atoms with Crippen molar-refractivity contribution in [2.45, 2.75) is 19.9 Å². The molecule has 17 heavy (non-hydrogen) atoms. The van der Waals surface area contributed by atoms with Crippen LogP contribution in [0, 0.1) is 0 Å². The Balaban J connectivity index is 2.84. The summed E-state index contributed by atoms with van der Waals surface area (Å²) < 4.78 is 3.31. The quantitative estimate of drug-likeness (QED) is 0.858. The highest BCUT2D eigenvalue weighted by atomic mass is 16.4. The Kier molecular flexibility index (Phi) is 2.53. The lowest BCUT2D eigenvalue weighted by molar-refractivity contribution is 0.0697. The molecule has 1 aromatic carbocycles. The van der Waals surface area contributed by atoms with Crippen molar-refractivity contribution in [3.63, 3.8) is 0 Å². The average Bonchev–Trinajstić information content (AvgIpc) is 2.51. The molecule has 0 bridgehead atoms. The summed E-state index contributed by atoms with van der Waals surface area (Å²) in [5.41, 5.74) is 0.743. The standard InChI is InChI=1S/C12H14N2O3/c1-7(2)14-11(15)9-5-4-8(12(16)17)6-10(9)13(14)3/h4-7H,1-3H3,(H,16,17).